The molecule has 0 fully saturated rings. The minimum absolute atomic E-state index is 0.305. The van der Waals surface area contributed by atoms with Crippen LogP contribution in [0.5, 0.6) is 0 Å². The van der Waals surface area contributed by atoms with Gasteiger partial charge in [0.05, 0.1) is 12.1 Å². The van der Waals surface area contributed by atoms with Gasteiger partial charge in [-0.15, -0.1) is 0 Å². The van der Waals surface area contributed by atoms with Gasteiger partial charge in [0.15, 0.2) is 11.4 Å². The Balaban J connectivity index is 1.95. The minimum atomic E-state index is -1.84. The maximum Gasteiger partial charge on any atom is 0.261 e. The summed E-state index contributed by atoms with van der Waals surface area (Å²) in [6.07, 6.45) is 0.422. The maximum absolute atomic E-state index is 12.4. The van der Waals surface area contributed by atoms with Crippen molar-refractivity contribution in [1.29, 1.82) is 0 Å². The zero-order valence-corrected chi connectivity index (χ0v) is 13.4. The fraction of sp³-hybridized carbons (Fsp3) is 0.222. The lowest BCUT2D eigenvalue weighted by atomic mass is 9.87. The second kappa shape index (κ2) is 5.80. The van der Waals surface area contributed by atoms with Crippen LogP contribution in [0, 0.1) is 0 Å². The van der Waals surface area contributed by atoms with Crippen LogP contribution in [0.1, 0.15) is 34.8 Å². The van der Waals surface area contributed by atoms with E-state index in [1.165, 1.54) is 0 Å². The highest BCUT2D eigenvalue weighted by molar-refractivity contribution is 6.30. The predicted octanol–water partition coefficient (Wildman–Crippen LogP) is 3.32. The Bertz CT molecular complexity index is 785. The summed E-state index contributed by atoms with van der Waals surface area (Å²) in [4.78, 5) is 24.8. The highest BCUT2D eigenvalue weighted by Gasteiger charge is 2.47. The highest BCUT2D eigenvalue weighted by Crippen LogP contribution is 2.41. The number of anilines is 1. The second-order valence-corrected chi connectivity index (χ2v) is 6.05. The number of amides is 1. The number of carbonyl (C=O) groups excluding carboxylic acids is 2. The van der Waals surface area contributed by atoms with Crippen LogP contribution in [0.2, 0.25) is 5.02 Å². The number of para-hydroxylation sites is 1. The molecule has 2 aromatic carbocycles. The van der Waals surface area contributed by atoms with Gasteiger partial charge in [-0.2, -0.15) is 0 Å². The summed E-state index contributed by atoms with van der Waals surface area (Å²) in [5, 5.41) is 14.1. The van der Waals surface area contributed by atoms with Crippen LogP contribution in [-0.2, 0) is 16.8 Å². The van der Waals surface area contributed by atoms with Crippen LogP contribution in [0.4, 0.5) is 5.69 Å². The zero-order valence-electron chi connectivity index (χ0n) is 12.6. The lowest BCUT2D eigenvalue weighted by Crippen LogP contribution is -2.36. The van der Waals surface area contributed by atoms with Crippen molar-refractivity contribution < 1.29 is 14.7 Å². The van der Waals surface area contributed by atoms with E-state index >= 15 is 0 Å². The quantitative estimate of drug-likeness (QED) is 0.846. The summed E-state index contributed by atoms with van der Waals surface area (Å²) in [7, 11) is 0. The summed E-state index contributed by atoms with van der Waals surface area (Å²) in [5.41, 5.74) is 0.592. The molecule has 4 nitrogen and oxygen atoms in total. The molecule has 0 aliphatic carbocycles. The fourth-order valence-electron chi connectivity index (χ4n) is 2.87. The number of hydrogen-bond donors (Lipinski definition) is 2. The molecule has 0 aromatic heterocycles. The first kappa shape index (κ1) is 15.7. The van der Waals surface area contributed by atoms with Gasteiger partial charge in [0.1, 0.15) is 0 Å². The van der Waals surface area contributed by atoms with Crippen LogP contribution in [0.25, 0.3) is 0 Å². The molecule has 0 spiro atoms. The third-order valence-electron chi connectivity index (χ3n) is 4.17. The molecule has 1 amide bonds. The van der Waals surface area contributed by atoms with Crippen molar-refractivity contribution in [2.45, 2.75) is 25.4 Å². The van der Waals surface area contributed by atoms with E-state index in [1.54, 1.807) is 36.4 Å². The summed E-state index contributed by atoms with van der Waals surface area (Å²) in [6.45, 7) is 1.97. The van der Waals surface area contributed by atoms with Gasteiger partial charge < -0.3 is 10.4 Å². The van der Waals surface area contributed by atoms with Crippen LogP contribution >= 0.6 is 11.6 Å². The monoisotopic (exact) mass is 329 g/mol. The average Bonchev–Trinajstić information content (AvgIpc) is 2.79. The van der Waals surface area contributed by atoms with Gasteiger partial charge in [-0.3, -0.25) is 9.59 Å². The number of rotatable bonds is 4. The van der Waals surface area contributed by atoms with Crippen molar-refractivity contribution in [2.75, 3.05) is 5.32 Å². The van der Waals surface area contributed by atoms with E-state index in [9.17, 15) is 14.7 Å². The van der Waals surface area contributed by atoms with Crippen molar-refractivity contribution >= 4 is 29.0 Å². The Morgan fingerprint density at radius 2 is 1.91 bits per heavy atom. The van der Waals surface area contributed by atoms with E-state index in [0.717, 1.165) is 12.0 Å². The largest absolute Gasteiger partial charge is 0.375 e. The molecule has 2 aromatic rings. The molecule has 1 aliphatic heterocycles. The standard InChI is InChI=1S/C18H16ClNO3/c1-2-11-4-3-5-14-16(11)20-17(22)18(14,23)10-15(21)12-6-8-13(19)9-7-12/h3-9,23H,2,10H2,1H3,(H,20,22)/t18-/m0/s1. The van der Waals surface area contributed by atoms with Gasteiger partial charge in [-0.25, -0.2) is 0 Å². The van der Waals surface area contributed by atoms with Crippen molar-refractivity contribution in [2.24, 2.45) is 0 Å². The van der Waals surface area contributed by atoms with Crippen LogP contribution in [-0.4, -0.2) is 16.8 Å². The molecule has 3 rings (SSSR count). The average molecular weight is 330 g/mol. The summed E-state index contributed by atoms with van der Waals surface area (Å²) < 4.78 is 0. The van der Waals surface area contributed by atoms with Crippen molar-refractivity contribution in [1.82, 2.24) is 0 Å². The van der Waals surface area contributed by atoms with Gasteiger partial charge in [0.2, 0.25) is 0 Å². The van der Waals surface area contributed by atoms with E-state index in [-0.39, 0.29) is 12.2 Å². The minimum Gasteiger partial charge on any atom is -0.375 e. The molecule has 2 N–H and O–H groups in total. The summed E-state index contributed by atoms with van der Waals surface area (Å²) >= 11 is 5.81. The number of hydrogen-bond acceptors (Lipinski definition) is 3. The lowest BCUT2D eigenvalue weighted by Gasteiger charge is -2.20. The predicted molar refractivity (Wildman–Crippen MR) is 88.7 cm³/mol. The van der Waals surface area contributed by atoms with E-state index < -0.39 is 11.5 Å². The first-order chi connectivity index (χ1) is 11.0. The number of aliphatic hydroxyl groups is 1. The Hall–Kier alpha value is -2.17. The molecule has 0 bridgehead atoms. The number of Topliss-reactive ketones (excluding diaryl/α,β-unsaturated/α-hetero) is 1. The first-order valence-corrected chi connectivity index (χ1v) is 7.78. The van der Waals surface area contributed by atoms with Crippen molar-refractivity contribution in [3.8, 4) is 0 Å². The number of aryl methyl sites for hydroxylation is 1. The van der Waals surface area contributed by atoms with Crippen LogP contribution < -0.4 is 5.32 Å². The number of halogens is 1. The Morgan fingerprint density at radius 3 is 2.57 bits per heavy atom. The molecule has 1 aliphatic rings. The Morgan fingerprint density at radius 1 is 1.22 bits per heavy atom. The van der Waals surface area contributed by atoms with E-state index in [2.05, 4.69) is 5.32 Å². The van der Waals surface area contributed by atoms with Gasteiger partial charge in [0, 0.05) is 16.1 Å². The molecule has 0 radical (unpaired) electrons. The van der Waals surface area contributed by atoms with E-state index in [0.29, 0.717) is 21.8 Å². The number of carbonyl (C=O) groups is 2. The Labute approximate surface area is 139 Å². The molecular formula is C18H16ClNO3. The molecule has 1 heterocycles. The fourth-order valence-corrected chi connectivity index (χ4v) is 3.00. The Kier molecular flexibility index (Phi) is 3.96. The number of ketones is 1. The zero-order chi connectivity index (χ0) is 16.6. The lowest BCUT2D eigenvalue weighted by molar-refractivity contribution is -0.133. The first-order valence-electron chi connectivity index (χ1n) is 7.40. The topological polar surface area (TPSA) is 66.4 Å². The van der Waals surface area contributed by atoms with Crippen molar-refractivity contribution in [3.05, 3.63) is 64.2 Å². The molecule has 5 heteroatoms. The third-order valence-corrected chi connectivity index (χ3v) is 4.43. The number of fused-ring (bicyclic) bond motifs is 1. The SMILES string of the molecule is CCc1cccc2c1NC(=O)[C@]2(O)CC(=O)c1ccc(Cl)cc1. The summed E-state index contributed by atoms with van der Waals surface area (Å²) in [5.74, 6) is -0.871. The molecule has 0 unspecified atom stereocenters. The number of benzene rings is 2. The second-order valence-electron chi connectivity index (χ2n) is 5.61. The maximum atomic E-state index is 12.4. The van der Waals surface area contributed by atoms with Gasteiger partial charge in [-0.05, 0) is 36.2 Å². The van der Waals surface area contributed by atoms with Gasteiger partial charge in [-0.1, -0.05) is 36.7 Å². The van der Waals surface area contributed by atoms with E-state index in [1.807, 2.05) is 13.0 Å². The molecular weight excluding hydrogens is 314 g/mol. The third kappa shape index (κ3) is 2.64. The molecule has 0 saturated heterocycles. The van der Waals surface area contributed by atoms with Crippen LogP contribution in [0.3, 0.4) is 0 Å². The normalized spacial score (nSPS) is 19.3. The van der Waals surface area contributed by atoms with Gasteiger partial charge >= 0.3 is 0 Å². The summed E-state index contributed by atoms with van der Waals surface area (Å²) in [6, 6.07) is 11.8. The smallest absolute Gasteiger partial charge is 0.261 e. The van der Waals surface area contributed by atoms with Crippen molar-refractivity contribution in [3.63, 3.8) is 0 Å². The molecule has 23 heavy (non-hydrogen) atoms. The number of nitrogens with one attached hydrogen (secondary N) is 1. The molecule has 118 valence electrons. The molecule has 0 saturated carbocycles. The van der Waals surface area contributed by atoms with E-state index in [4.69, 9.17) is 11.6 Å². The van der Waals surface area contributed by atoms with Crippen LogP contribution in [0.15, 0.2) is 42.5 Å². The van der Waals surface area contributed by atoms with Gasteiger partial charge in [0.25, 0.3) is 5.91 Å². The molecule has 1 atom stereocenters. The highest BCUT2D eigenvalue weighted by atomic mass is 35.5.